The smallest absolute Gasteiger partial charge is 0.143 e. The van der Waals surface area contributed by atoms with Gasteiger partial charge in [0.25, 0.3) is 0 Å². The summed E-state index contributed by atoms with van der Waals surface area (Å²) >= 11 is 0. The standard InChI is InChI=1S/C18H18FN3/c19-16-7-5-8-17(15(16)12-20)21-13-14-6-1-2-9-18(14)22-10-3-4-11-22/h1-2,5-9,21H,3-4,10-11,13H2. The molecule has 112 valence electrons. The van der Waals surface area contributed by atoms with E-state index in [4.69, 9.17) is 5.26 Å². The van der Waals surface area contributed by atoms with Crippen LogP contribution in [0.1, 0.15) is 24.0 Å². The molecule has 0 aromatic heterocycles. The molecule has 2 aromatic rings. The Morgan fingerprint density at radius 1 is 1.09 bits per heavy atom. The van der Waals surface area contributed by atoms with Gasteiger partial charge >= 0.3 is 0 Å². The molecule has 1 N–H and O–H groups in total. The third kappa shape index (κ3) is 2.89. The molecule has 0 spiro atoms. The fraction of sp³-hybridized carbons (Fsp3) is 0.278. The number of para-hydroxylation sites is 1. The van der Waals surface area contributed by atoms with Gasteiger partial charge in [0.2, 0.25) is 0 Å². The van der Waals surface area contributed by atoms with Crippen molar-refractivity contribution in [3.63, 3.8) is 0 Å². The van der Waals surface area contributed by atoms with Crippen LogP contribution in [0.4, 0.5) is 15.8 Å². The average Bonchev–Trinajstić information content (AvgIpc) is 3.07. The van der Waals surface area contributed by atoms with E-state index < -0.39 is 5.82 Å². The van der Waals surface area contributed by atoms with Gasteiger partial charge in [-0.3, -0.25) is 0 Å². The second kappa shape index (κ2) is 6.48. The monoisotopic (exact) mass is 295 g/mol. The van der Waals surface area contributed by atoms with E-state index in [0.717, 1.165) is 18.7 Å². The topological polar surface area (TPSA) is 39.1 Å². The fourth-order valence-corrected chi connectivity index (χ4v) is 2.90. The lowest BCUT2D eigenvalue weighted by molar-refractivity contribution is 0.624. The second-order valence-electron chi connectivity index (χ2n) is 5.45. The Bertz CT molecular complexity index is 700. The SMILES string of the molecule is N#Cc1c(F)cccc1NCc1ccccc1N1CCCC1. The molecule has 4 heteroatoms. The number of anilines is 2. The minimum Gasteiger partial charge on any atom is -0.380 e. The summed E-state index contributed by atoms with van der Waals surface area (Å²) in [5, 5.41) is 12.3. The summed E-state index contributed by atoms with van der Waals surface area (Å²) in [6.45, 7) is 2.74. The van der Waals surface area contributed by atoms with Crippen LogP contribution in [0.5, 0.6) is 0 Å². The van der Waals surface area contributed by atoms with Gasteiger partial charge in [-0.2, -0.15) is 5.26 Å². The molecule has 0 bridgehead atoms. The molecule has 0 amide bonds. The van der Waals surface area contributed by atoms with Crippen LogP contribution in [0.15, 0.2) is 42.5 Å². The Morgan fingerprint density at radius 3 is 2.64 bits per heavy atom. The van der Waals surface area contributed by atoms with Crippen molar-refractivity contribution in [2.24, 2.45) is 0 Å². The van der Waals surface area contributed by atoms with Crippen LogP contribution >= 0.6 is 0 Å². The molecule has 0 radical (unpaired) electrons. The van der Waals surface area contributed by atoms with Gasteiger partial charge in [-0.05, 0) is 36.6 Å². The van der Waals surface area contributed by atoms with Crippen molar-refractivity contribution in [2.45, 2.75) is 19.4 Å². The number of hydrogen-bond acceptors (Lipinski definition) is 3. The van der Waals surface area contributed by atoms with Crippen LogP contribution in [0.25, 0.3) is 0 Å². The highest BCUT2D eigenvalue weighted by molar-refractivity contribution is 5.60. The Kier molecular flexibility index (Phi) is 4.24. The molecule has 0 atom stereocenters. The first-order valence-corrected chi connectivity index (χ1v) is 7.55. The van der Waals surface area contributed by atoms with Gasteiger partial charge < -0.3 is 10.2 Å². The summed E-state index contributed by atoms with van der Waals surface area (Å²) in [7, 11) is 0. The molecule has 1 heterocycles. The molecule has 22 heavy (non-hydrogen) atoms. The van der Waals surface area contributed by atoms with Crippen LogP contribution < -0.4 is 10.2 Å². The number of nitrogens with zero attached hydrogens (tertiary/aromatic N) is 2. The lowest BCUT2D eigenvalue weighted by atomic mass is 10.1. The van der Waals surface area contributed by atoms with Crippen molar-refractivity contribution < 1.29 is 4.39 Å². The lowest BCUT2D eigenvalue weighted by Gasteiger charge is -2.22. The van der Waals surface area contributed by atoms with E-state index in [1.54, 1.807) is 12.1 Å². The number of hydrogen-bond donors (Lipinski definition) is 1. The van der Waals surface area contributed by atoms with Crippen molar-refractivity contribution in [3.8, 4) is 6.07 Å². The summed E-state index contributed by atoms with van der Waals surface area (Å²) in [6.07, 6.45) is 2.45. The first kappa shape index (κ1) is 14.4. The van der Waals surface area contributed by atoms with E-state index in [2.05, 4.69) is 22.3 Å². The molecule has 0 unspecified atom stereocenters. The zero-order chi connectivity index (χ0) is 15.4. The first-order chi connectivity index (χ1) is 10.8. The Hall–Kier alpha value is -2.54. The van der Waals surface area contributed by atoms with Gasteiger partial charge in [-0.1, -0.05) is 24.3 Å². The summed E-state index contributed by atoms with van der Waals surface area (Å²) < 4.78 is 13.6. The molecule has 1 saturated heterocycles. The van der Waals surface area contributed by atoms with Crippen molar-refractivity contribution in [1.82, 2.24) is 0 Å². The van der Waals surface area contributed by atoms with E-state index in [-0.39, 0.29) is 5.56 Å². The van der Waals surface area contributed by atoms with Crippen molar-refractivity contribution >= 4 is 11.4 Å². The minimum absolute atomic E-state index is 0.0705. The number of halogens is 1. The molecular formula is C18H18FN3. The van der Waals surface area contributed by atoms with Gasteiger partial charge in [0.1, 0.15) is 17.4 Å². The van der Waals surface area contributed by atoms with Gasteiger partial charge in [0.15, 0.2) is 0 Å². The second-order valence-corrected chi connectivity index (χ2v) is 5.45. The highest BCUT2D eigenvalue weighted by Gasteiger charge is 2.15. The minimum atomic E-state index is -0.486. The van der Waals surface area contributed by atoms with Crippen molar-refractivity contribution in [2.75, 3.05) is 23.3 Å². The summed E-state index contributed by atoms with van der Waals surface area (Å²) in [6, 6.07) is 14.8. The highest BCUT2D eigenvalue weighted by atomic mass is 19.1. The number of nitriles is 1. The van der Waals surface area contributed by atoms with Gasteiger partial charge in [-0.15, -0.1) is 0 Å². The maximum atomic E-state index is 13.6. The fourth-order valence-electron chi connectivity index (χ4n) is 2.90. The van der Waals surface area contributed by atoms with Crippen LogP contribution in [-0.4, -0.2) is 13.1 Å². The molecule has 3 rings (SSSR count). The summed E-state index contributed by atoms with van der Waals surface area (Å²) in [4.78, 5) is 2.38. The number of nitrogens with one attached hydrogen (secondary N) is 1. The number of rotatable bonds is 4. The maximum absolute atomic E-state index is 13.6. The van der Waals surface area contributed by atoms with Crippen LogP contribution in [0.3, 0.4) is 0 Å². The lowest BCUT2D eigenvalue weighted by Crippen LogP contribution is -2.20. The Labute approximate surface area is 130 Å². The van der Waals surface area contributed by atoms with E-state index in [1.165, 1.54) is 24.6 Å². The predicted molar refractivity (Wildman–Crippen MR) is 86.3 cm³/mol. The molecule has 2 aromatic carbocycles. The van der Waals surface area contributed by atoms with Crippen molar-refractivity contribution in [1.29, 1.82) is 5.26 Å². The van der Waals surface area contributed by atoms with Crippen molar-refractivity contribution in [3.05, 3.63) is 59.4 Å². The Balaban J connectivity index is 1.80. The molecule has 1 aliphatic rings. The van der Waals surface area contributed by atoms with E-state index >= 15 is 0 Å². The average molecular weight is 295 g/mol. The molecule has 1 fully saturated rings. The van der Waals surface area contributed by atoms with Crippen LogP contribution in [-0.2, 0) is 6.54 Å². The Morgan fingerprint density at radius 2 is 1.86 bits per heavy atom. The van der Waals surface area contributed by atoms with E-state index in [9.17, 15) is 4.39 Å². The molecular weight excluding hydrogens is 277 g/mol. The van der Waals surface area contributed by atoms with E-state index in [1.807, 2.05) is 18.2 Å². The van der Waals surface area contributed by atoms with Crippen LogP contribution in [0.2, 0.25) is 0 Å². The zero-order valence-electron chi connectivity index (χ0n) is 12.3. The zero-order valence-corrected chi connectivity index (χ0v) is 12.3. The van der Waals surface area contributed by atoms with Gasteiger partial charge in [0, 0.05) is 25.3 Å². The summed E-state index contributed by atoms with van der Waals surface area (Å²) in [5.74, 6) is -0.486. The van der Waals surface area contributed by atoms with E-state index in [0.29, 0.717) is 12.2 Å². The molecule has 0 aliphatic carbocycles. The predicted octanol–water partition coefficient (Wildman–Crippen LogP) is 3.91. The third-order valence-corrected chi connectivity index (χ3v) is 4.03. The first-order valence-electron chi connectivity index (χ1n) is 7.55. The highest BCUT2D eigenvalue weighted by Crippen LogP contribution is 2.26. The van der Waals surface area contributed by atoms with Crippen LogP contribution in [0, 0.1) is 17.1 Å². The summed E-state index contributed by atoms with van der Waals surface area (Å²) in [5.41, 5.74) is 3.00. The van der Waals surface area contributed by atoms with Gasteiger partial charge in [-0.25, -0.2) is 4.39 Å². The maximum Gasteiger partial charge on any atom is 0.143 e. The molecule has 3 nitrogen and oxygen atoms in total. The quantitative estimate of drug-likeness (QED) is 0.929. The molecule has 1 aliphatic heterocycles. The third-order valence-electron chi connectivity index (χ3n) is 4.03. The largest absolute Gasteiger partial charge is 0.380 e. The number of benzene rings is 2. The molecule has 0 saturated carbocycles. The van der Waals surface area contributed by atoms with Gasteiger partial charge in [0.05, 0.1) is 5.69 Å². The normalized spacial score (nSPS) is 13.9.